The van der Waals surface area contributed by atoms with Crippen molar-refractivity contribution in [2.45, 2.75) is 217 Å². The van der Waals surface area contributed by atoms with Crippen LogP contribution in [0.5, 0.6) is 0 Å². The van der Waals surface area contributed by atoms with Crippen LogP contribution in [0.3, 0.4) is 0 Å². The lowest BCUT2D eigenvalue weighted by atomic mass is 9.85. The van der Waals surface area contributed by atoms with E-state index in [1.807, 2.05) is 18.2 Å². The first-order valence-electron chi connectivity index (χ1n) is 24.4. The average molecular weight is 1030 g/mol. The molecule has 1 saturated carbocycles. The minimum Gasteiger partial charge on any atom is -0.462 e. The molecule has 1 aliphatic rings. The number of allylic oxidation sites excluding steroid dienone is 8. The summed E-state index contributed by atoms with van der Waals surface area (Å²) < 4.78 is 65.4. The summed E-state index contributed by atoms with van der Waals surface area (Å²) in [5.74, 6) is -1.36. The van der Waals surface area contributed by atoms with Gasteiger partial charge < -0.3 is 49.3 Å². The van der Waals surface area contributed by atoms with Crippen molar-refractivity contribution in [1.82, 2.24) is 0 Å². The molecule has 0 saturated heterocycles. The number of aliphatic hydroxyl groups excluding tert-OH is 3. The molecule has 1 fully saturated rings. The molecule has 1 unspecified atom stereocenters. The second kappa shape index (κ2) is 37.8. The highest BCUT2D eigenvalue weighted by atomic mass is 31.2. The molecular weight excluding hydrogens is 949 g/mol. The molecule has 0 radical (unpaired) electrons. The predicted octanol–water partition coefficient (Wildman–Crippen LogP) is 9.01. The Balaban J connectivity index is 2.76. The van der Waals surface area contributed by atoms with Crippen LogP contribution in [0.25, 0.3) is 0 Å². The Bertz CT molecular complexity index is 1610. The number of esters is 2. The first kappa shape index (κ1) is 64.1. The maximum absolute atomic E-state index is 13.1. The smallest absolute Gasteiger partial charge is 0.462 e. The molecule has 0 spiro atoms. The molecular formula is C46H83O19P3. The van der Waals surface area contributed by atoms with Crippen molar-refractivity contribution in [1.29, 1.82) is 0 Å². The number of carbonyl (C=O) groups is 2. The Kier molecular flexibility index (Phi) is 35.7. The summed E-state index contributed by atoms with van der Waals surface area (Å²) in [5.41, 5.74) is 0. The minimum absolute atomic E-state index is 0.0700. The zero-order valence-electron chi connectivity index (χ0n) is 40.2. The molecule has 396 valence electrons. The number of hydrogen-bond acceptors (Lipinski definition) is 14. The van der Waals surface area contributed by atoms with Gasteiger partial charge in [0.25, 0.3) is 0 Å². The second-order valence-electron chi connectivity index (χ2n) is 17.0. The first-order chi connectivity index (χ1) is 32.3. The number of phosphoric ester groups is 3. The monoisotopic (exact) mass is 1030 g/mol. The van der Waals surface area contributed by atoms with Gasteiger partial charge in [0.1, 0.15) is 43.2 Å². The fraction of sp³-hybridized carbons (Fsp3) is 0.783. The largest absolute Gasteiger partial charge is 0.472 e. The van der Waals surface area contributed by atoms with Gasteiger partial charge in [0, 0.05) is 12.8 Å². The van der Waals surface area contributed by atoms with Gasteiger partial charge >= 0.3 is 35.4 Å². The standard InChI is InChI=1S/C46H83O19P3/c1-3-5-7-9-11-13-15-17-19-20-21-23-25-27-29-31-33-35-40(48)62-38(36-60-39(47)34-32-30-28-26-24-22-18-16-14-12-10-8-6-4-2)37-61-68(58,59)65-44-41(49)42(50)45(63-66(52,53)54)46(43(44)51)64-67(55,56)57/h11,13,17,19,21,23,27,29,38,41-46,49-51H,3-10,12,14-16,18,20,22,24-26,28,30-37H2,1-2H3,(H,58,59)(H2,52,53,54)(H2,55,56,57)/b13-11-,19-17-,23-21-,29-27-/t38-,41-,42-,43+,44+,45+,46+/m1/s1. The maximum atomic E-state index is 13.1. The van der Waals surface area contributed by atoms with Crippen molar-refractivity contribution < 1.29 is 90.6 Å². The molecule has 1 rings (SSSR count). The van der Waals surface area contributed by atoms with Gasteiger partial charge in [0.2, 0.25) is 0 Å². The van der Waals surface area contributed by atoms with Gasteiger partial charge in [0.05, 0.1) is 6.61 Å². The summed E-state index contributed by atoms with van der Waals surface area (Å²) in [4.78, 5) is 73.2. The topological polar surface area (TPSA) is 303 Å². The summed E-state index contributed by atoms with van der Waals surface area (Å²) in [5, 5.41) is 31.9. The molecule has 0 aliphatic heterocycles. The first-order valence-corrected chi connectivity index (χ1v) is 29.0. The normalized spacial score (nSPS) is 21.9. The number of hydrogen-bond donors (Lipinski definition) is 8. The SMILES string of the molecule is CCCCC/C=C\C/C=C\C/C=C\C/C=C\CCCC(=O)O[C@H](COC(=O)CCCCCCCCCCCCCCCC)COP(=O)(O)O[C@H]1[C@H](O)[C@@H](O)[C@H](OP(=O)(O)O)[C@@H](OP(=O)(O)O)[C@H]1O. The van der Waals surface area contributed by atoms with Gasteiger partial charge in [-0.1, -0.05) is 159 Å². The lowest BCUT2D eigenvalue weighted by molar-refractivity contribution is -0.213. The Hall–Kier alpha value is -1.89. The molecule has 0 aromatic carbocycles. The van der Waals surface area contributed by atoms with Crippen LogP contribution in [0, 0.1) is 0 Å². The summed E-state index contributed by atoms with van der Waals surface area (Å²) >= 11 is 0. The average Bonchev–Trinajstić information content (AvgIpc) is 3.27. The molecule has 0 aromatic rings. The van der Waals surface area contributed by atoms with Gasteiger partial charge in [-0.3, -0.25) is 27.7 Å². The highest BCUT2D eigenvalue weighted by molar-refractivity contribution is 7.47. The van der Waals surface area contributed by atoms with Crippen molar-refractivity contribution in [2.24, 2.45) is 0 Å². The number of phosphoric acid groups is 3. The lowest BCUT2D eigenvalue weighted by Crippen LogP contribution is -2.65. The van der Waals surface area contributed by atoms with E-state index >= 15 is 0 Å². The molecule has 0 bridgehead atoms. The predicted molar refractivity (Wildman–Crippen MR) is 257 cm³/mol. The van der Waals surface area contributed by atoms with E-state index in [9.17, 15) is 63.1 Å². The number of rotatable bonds is 41. The molecule has 19 nitrogen and oxygen atoms in total. The van der Waals surface area contributed by atoms with Crippen LogP contribution >= 0.6 is 23.5 Å². The number of aliphatic hydroxyl groups is 3. The van der Waals surface area contributed by atoms with Gasteiger partial charge in [-0.25, -0.2) is 13.7 Å². The van der Waals surface area contributed by atoms with Crippen molar-refractivity contribution in [3.63, 3.8) is 0 Å². The highest BCUT2D eigenvalue weighted by Gasteiger charge is 2.56. The van der Waals surface area contributed by atoms with Gasteiger partial charge in [-0.2, -0.15) is 0 Å². The van der Waals surface area contributed by atoms with E-state index in [1.165, 1.54) is 77.0 Å². The Labute approximate surface area is 403 Å². The fourth-order valence-electron chi connectivity index (χ4n) is 7.22. The van der Waals surface area contributed by atoms with Gasteiger partial charge in [-0.05, 0) is 51.4 Å². The van der Waals surface area contributed by atoms with Crippen LogP contribution < -0.4 is 0 Å². The summed E-state index contributed by atoms with van der Waals surface area (Å²) in [6.45, 7) is 2.88. The number of carbonyl (C=O) groups excluding carboxylic acids is 2. The number of unbranched alkanes of at least 4 members (excludes halogenated alkanes) is 17. The van der Waals surface area contributed by atoms with E-state index in [4.69, 9.17) is 18.5 Å². The van der Waals surface area contributed by atoms with E-state index in [1.54, 1.807) is 0 Å². The Morgan fingerprint density at radius 2 is 0.868 bits per heavy atom. The van der Waals surface area contributed by atoms with E-state index in [0.29, 0.717) is 25.7 Å². The van der Waals surface area contributed by atoms with E-state index in [0.717, 1.165) is 44.9 Å². The van der Waals surface area contributed by atoms with E-state index < -0.39 is 91.3 Å². The van der Waals surface area contributed by atoms with Crippen LogP contribution in [0.15, 0.2) is 48.6 Å². The minimum atomic E-state index is -5.61. The molecule has 22 heteroatoms. The number of ether oxygens (including phenoxy) is 2. The van der Waals surface area contributed by atoms with Crippen molar-refractivity contribution in [3.05, 3.63) is 48.6 Å². The quantitative estimate of drug-likeness (QED) is 0.0123. The van der Waals surface area contributed by atoms with Crippen LogP contribution in [0.1, 0.15) is 174 Å². The third-order valence-corrected chi connectivity index (χ3v) is 12.9. The van der Waals surface area contributed by atoms with Gasteiger partial charge in [-0.15, -0.1) is 0 Å². The summed E-state index contributed by atoms with van der Waals surface area (Å²) in [6, 6.07) is 0. The zero-order chi connectivity index (χ0) is 50.7. The zero-order valence-corrected chi connectivity index (χ0v) is 42.8. The maximum Gasteiger partial charge on any atom is 0.472 e. The molecule has 68 heavy (non-hydrogen) atoms. The van der Waals surface area contributed by atoms with Crippen molar-refractivity contribution in [2.75, 3.05) is 13.2 Å². The third kappa shape index (κ3) is 33.7. The second-order valence-corrected chi connectivity index (χ2v) is 20.8. The highest BCUT2D eigenvalue weighted by Crippen LogP contribution is 2.51. The Morgan fingerprint density at radius 1 is 0.471 bits per heavy atom. The van der Waals surface area contributed by atoms with E-state index in [-0.39, 0.29) is 12.8 Å². The fourth-order valence-corrected chi connectivity index (χ4v) is 9.32. The molecule has 1 aliphatic carbocycles. The van der Waals surface area contributed by atoms with Crippen molar-refractivity contribution in [3.8, 4) is 0 Å². The Morgan fingerprint density at radius 3 is 1.35 bits per heavy atom. The van der Waals surface area contributed by atoms with E-state index in [2.05, 4.69) is 53.3 Å². The third-order valence-electron chi connectivity index (χ3n) is 10.9. The molecule has 0 heterocycles. The van der Waals surface area contributed by atoms with Crippen LogP contribution in [0.2, 0.25) is 0 Å². The lowest BCUT2D eigenvalue weighted by Gasteiger charge is -2.44. The molecule has 8 atom stereocenters. The molecule has 0 amide bonds. The summed E-state index contributed by atoms with van der Waals surface area (Å²) in [7, 11) is -16.6. The molecule has 0 aromatic heterocycles. The van der Waals surface area contributed by atoms with Crippen LogP contribution in [-0.4, -0.2) is 108 Å². The van der Waals surface area contributed by atoms with Crippen molar-refractivity contribution >= 4 is 35.4 Å². The van der Waals surface area contributed by atoms with Crippen LogP contribution in [0.4, 0.5) is 0 Å². The summed E-state index contributed by atoms with van der Waals surface area (Å²) in [6.07, 6.45) is 24.2. The van der Waals surface area contributed by atoms with Crippen LogP contribution in [-0.2, 0) is 50.9 Å². The molecule has 8 N–H and O–H groups in total. The van der Waals surface area contributed by atoms with Gasteiger partial charge in [0.15, 0.2) is 6.10 Å².